The summed E-state index contributed by atoms with van der Waals surface area (Å²) in [6.07, 6.45) is 3.12. The Hall–Kier alpha value is -2.44. The molecule has 140 valence electrons. The molecule has 2 aliphatic rings. The van der Waals surface area contributed by atoms with Gasteiger partial charge in [0.15, 0.2) is 6.10 Å². The first-order valence-electron chi connectivity index (χ1n) is 9.04. The van der Waals surface area contributed by atoms with Crippen molar-refractivity contribution in [3.05, 3.63) is 29.6 Å². The Morgan fingerprint density at radius 3 is 2.62 bits per heavy atom. The Bertz CT molecular complexity index is 713. The van der Waals surface area contributed by atoms with Crippen LogP contribution in [-0.2, 0) is 19.1 Å². The molecule has 0 bridgehead atoms. The van der Waals surface area contributed by atoms with Crippen LogP contribution >= 0.6 is 0 Å². The smallest absolute Gasteiger partial charge is 0.314 e. The number of likely N-dealkylation sites (tertiary alicyclic amines) is 1. The van der Waals surface area contributed by atoms with Gasteiger partial charge >= 0.3 is 5.97 Å². The van der Waals surface area contributed by atoms with Crippen LogP contribution in [0, 0.1) is 5.82 Å². The Labute approximate surface area is 151 Å². The second-order valence-corrected chi connectivity index (χ2v) is 6.86. The highest BCUT2D eigenvalue weighted by molar-refractivity contribution is 6.00. The maximum atomic E-state index is 13.4. The van der Waals surface area contributed by atoms with Gasteiger partial charge in [-0.1, -0.05) is 18.9 Å². The lowest BCUT2D eigenvalue weighted by Crippen LogP contribution is -2.41. The van der Waals surface area contributed by atoms with Crippen molar-refractivity contribution in [2.45, 2.75) is 51.0 Å². The SMILES string of the molecule is C[C@@H](OC(=O)[C@@H]1CC(=O)Nc2cc(F)ccc21)C(=O)N1CCCCCC1. The lowest BCUT2D eigenvalue weighted by molar-refractivity contribution is -0.160. The van der Waals surface area contributed by atoms with Crippen LogP contribution in [0.15, 0.2) is 18.2 Å². The number of hydrogen-bond donors (Lipinski definition) is 1. The van der Waals surface area contributed by atoms with Crippen molar-refractivity contribution < 1.29 is 23.5 Å². The maximum absolute atomic E-state index is 13.4. The fourth-order valence-corrected chi connectivity index (χ4v) is 3.50. The number of carbonyl (C=O) groups is 3. The number of nitrogens with one attached hydrogen (secondary N) is 1. The van der Waals surface area contributed by atoms with Crippen molar-refractivity contribution in [3.8, 4) is 0 Å². The minimum Gasteiger partial charge on any atom is -0.452 e. The van der Waals surface area contributed by atoms with E-state index in [1.54, 1.807) is 11.8 Å². The summed E-state index contributed by atoms with van der Waals surface area (Å²) in [7, 11) is 0. The predicted molar refractivity (Wildman–Crippen MR) is 93.0 cm³/mol. The molecule has 0 unspecified atom stereocenters. The second-order valence-electron chi connectivity index (χ2n) is 6.86. The molecule has 0 radical (unpaired) electrons. The summed E-state index contributed by atoms with van der Waals surface area (Å²) in [5.74, 6) is -2.55. The average Bonchev–Trinajstić information content (AvgIpc) is 2.89. The molecule has 26 heavy (non-hydrogen) atoms. The largest absolute Gasteiger partial charge is 0.452 e. The number of nitrogens with zero attached hydrogens (tertiary/aromatic N) is 1. The van der Waals surface area contributed by atoms with Gasteiger partial charge in [-0.2, -0.15) is 0 Å². The van der Waals surface area contributed by atoms with Crippen molar-refractivity contribution in [2.24, 2.45) is 0 Å². The number of amides is 2. The van der Waals surface area contributed by atoms with Gasteiger partial charge in [0.25, 0.3) is 5.91 Å². The third-order valence-corrected chi connectivity index (χ3v) is 4.90. The van der Waals surface area contributed by atoms with Crippen LogP contribution in [0.2, 0.25) is 0 Å². The number of fused-ring (bicyclic) bond motifs is 1. The zero-order valence-electron chi connectivity index (χ0n) is 14.8. The van der Waals surface area contributed by atoms with Crippen molar-refractivity contribution in [1.29, 1.82) is 0 Å². The van der Waals surface area contributed by atoms with Gasteiger partial charge in [0, 0.05) is 25.2 Å². The van der Waals surface area contributed by atoms with Gasteiger partial charge in [-0.3, -0.25) is 14.4 Å². The summed E-state index contributed by atoms with van der Waals surface area (Å²) in [5, 5.41) is 2.56. The molecule has 2 atom stereocenters. The number of rotatable bonds is 3. The van der Waals surface area contributed by atoms with Crippen molar-refractivity contribution in [2.75, 3.05) is 18.4 Å². The van der Waals surface area contributed by atoms with E-state index >= 15 is 0 Å². The number of benzene rings is 1. The molecule has 6 nitrogen and oxygen atoms in total. The molecule has 0 saturated carbocycles. The molecular formula is C19H23FN2O4. The van der Waals surface area contributed by atoms with E-state index in [0.717, 1.165) is 25.7 Å². The average molecular weight is 362 g/mol. The Morgan fingerprint density at radius 1 is 1.23 bits per heavy atom. The summed E-state index contributed by atoms with van der Waals surface area (Å²) in [4.78, 5) is 38.7. The van der Waals surface area contributed by atoms with Crippen LogP contribution in [0.25, 0.3) is 0 Å². The lowest BCUT2D eigenvalue weighted by Gasteiger charge is -2.27. The van der Waals surface area contributed by atoms with Gasteiger partial charge < -0.3 is 15.0 Å². The molecule has 2 aliphatic heterocycles. The molecule has 2 heterocycles. The van der Waals surface area contributed by atoms with Crippen molar-refractivity contribution in [3.63, 3.8) is 0 Å². The Morgan fingerprint density at radius 2 is 1.92 bits per heavy atom. The van der Waals surface area contributed by atoms with Crippen LogP contribution in [0.3, 0.4) is 0 Å². The number of anilines is 1. The van der Waals surface area contributed by atoms with E-state index in [4.69, 9.17) is 4.74 Å². The molecule has 1 aromatic carbocycles. The standard InChI is InChI=1S/C19H23FN2O4/c1-12(18(24)22-8-4-2-3-5-9-22)26-19(25)15-11-17(23)21-16-10-13(20)6-7-14(15)16/h6-7,10,12,15H,2-5,8-9,11H2,1H3,(H,21,23)/t12-,15-/m1/s1. The Balaban J connectivity index is 1.69. The molecule has 1 N–H and O–H groups in total. The van der Waals surface area contributed by atoms with E-state index in [-0.39, 0.29) is 23.9 Å². The third kappa shape index (κ3) is 4.03. The molecule has 1 fully saturated rings. The van der Waals surface area contributed by atoms with Crippen molar-refractivity contribution >= 4 is 23.5 Å². The number of carbonyl (C=O) groups excluding carboxylic acids is 3. The summed E-state index contributed by atoms with van der Waals surface area (Å²) in [6.45, 7) is 2.91. The molecule has 0 aliphatic carbocycles. The zero-order chi connectivity index (χ0) is 18.7. The summed E-state index contributed by atoms with van der Waals surface area (Å²) in [6, 6.07) is 3.89. The van der Waals surface area contributed by atoms with E-state index in [1.807, 2.05) is 0 Å². The van der Waals surface area contributed by atoms with Gasteiger partial charge in [0.05, 0.1) is 5.92 Å². The van der Waals surface area contributed by atoms with Gasteiger partial charge in [0.2, 0.25) is 5.91 Å². The zero-order valence-corrected chi connectivity index (χ0v) is 14.8. The summed E-state index contributed by atoms with van der Waals surface area (Å²) in [5.41, 5.74) is 0.778. The topological polar surface area (TPSA) is 75.7 Å². The molecule has 1 aromatic rings. The quantitative estimate of drug-likeness (QED) is 0.839. The van der Waals surface area contributed by atoms with Crippen LogP contribution in [0.5, 0.6) is 0 Å². The van der Waals surface area contributed by atoms with Gasteiger partial charge in [0.1, 0.15) is 5.82 Å². The second kappa shape index (κ2) is 7.85. The summed E-state index contributed by atoms with van der Waals surface area (Å²) >= 11 is 0. The summed E-state index contributed by atoms with van der Waals surface area (Å²) < 4.78 is 18.8. The fourth-order valence-electron chi connectivity index (χ4n) is 3.50. The van der Waals surface area contributed by atoms with E-state index in [1.165, 1.54) is 18.2 Å². The van der Waals surface area contributed by atoms with E-state index in [9.17, 15) is 18.8 Å². The molecule has 0 aromatic heterocycles. The minimum absolute atomic E-state index is 0.0813. The van der Waals surface area contributed by atoms with Gasteiger partial charge in [-0.15, -0.1) is 0 Å². The predicted octanol–water partition coefficient (Wildman–Crippen LogP) is 2.59. The van der Waals surface area contributed by atoms with E-state index in [2.05, 4.69) is 5.32 Å². The normalized spacial score (nSPS) is 21.2. The molecule has 7 heteroatoms. The first-order valence-corrected chi connectivity index (χ1v) is 9.04. The molecule has 3 rings (SSSR count). The van der Waals surface area contributed by atoms with E-state index < -0.39 is 23.8 Å². The highest BCUT2D eigenvalue weighted by Gasteiger charge is 2.34. The number of ether oxygens (including phenoxy) is 1. The number of hydrogen-bond acceptors (Lipinski definition) is 4. The van der Waals surface area contributed by atoms with Crippen LogP contribution in [-0.4, -0.2) is 41.9 Å². The highest BCUT2D eigenvalue weighted by Crippen LogP contribution is 2.33. The first-order chi connectivity index (χ1) is 12.5. The number of esters is 1. The minimum atomic E-state index is -0.908. The number of halogens is 1. The molecule has 2 amide bonds. The fraction of sp³-hybridized carbons (Fsp3) is 0.526. The van der Waals surface area contributed by atoms with Crippen molar-refractivity contribution in [1.82, 2.24) is 4.90 Å². The van der Waals surface area contributed by atoms with E-state index in [0.29, 0.717) is 18.7 Å². The van der Waals surface area contributed by atoms with Crippen LogP contribution < -0.4 is 5.32 Å². The molecule has 0 spiro atoms. The highest BCUT2D eigenvalue weighted by atomic mass is 19.1. The monoisotopic (exact) mass is 362 g/mol. The lowest BCUT2D eigenvalue weighted by atomic mass is 9.90. The molecule has 1 saturated heterocycles. The third-order valence-electron chi connectivity index (χ3n) is 4.90. The first kappa shape index (κ1) is 18.4. The van der Waals surface area contributed by atoms with Crippen LogP contribution in [0.1, 0.15) is 50.5 Å². The van der Waals surface area contributed by atoms with Crippen LogP contribution in [0.4, 0.5) is 10.1 Å². The maximum Gasteiger partial charge on any atom is 0.314 e. The Kier molecular flexibility index (Phi) is 5.54. The molecular weight excluding hydrogens is 339 g/mol. The van der Waals surface area contributed by atoms with Gasteiger partial charge in [-0.25, -0.2) is 4.39 Å². The van der Waals surface area contributed by atoms with Gasteiger partial charge in [-0.05, 0) is 37.5 Å².